The van der Waals surface area contributed by atoms with Crippen LogP contribution in [-0.4, -0.2) is 6.68 Å². The Morgan fingerprint density at radius 3 is 1.14 bits per heavy atom. The van der Waals surface area contributed by atoms with Gasteiger partial charge in [-0.2, -0.15) is 13.2 Å². The Balaban J connectivity index is -0.0000000480. The van der Waals surface area contributed by atoms with Crippen LogP contribution in [0.25, 0.3) is 0 Å². The average Bonchev–Trinajstić information content (AvgIpc) is 1.41. The van der Waals surface area contributed by atoms with Gasteiger partial charge in [0.2, 0.25) is 0 Å². The number of halogens is 5. The number of alkyl halides is 3. The summed E-state index contributed by atoms with van der Waals surface area (Å²) in [7, 11) is 0. The largest absolute Gasteiger partial charge is 0.379 e. The molecule has 0 aliphatic carbocycles. The van der Waals surface area contributed by atoms with Gasteiger partial charge in [0.05, 0.1) is 0 Å². The van der Waals surface area contributed by atoms with Gasteiger partial charge in [0.25, 0.3) is 0 Å². The minimum absolute atomic E-state index is 0. The van der Waals surface area contributed by atoms with Crippen molar-refractivity contribution in [1.82, 2.24) is 0 Å². The van der Waals surface area contributed by atoms with Gasteiger partial charge in [-0.05, 0) is 11.8 Å². The van der Waals surface area contributed by atoms with Crippen molar-refractivity contribution in [2.24, 2.45) is 5.25 Å². The molecule has 7 heavy (non-hydrogen) atoms. The first kappa shape index (κ1) is 15.8. The van der Waals surface area contributed by atoms with E-state index in [4.69, 9.17) is 0 Å². The summed E-state index contributed by atoms with van der Waals surface area (Å²) in [6.07, 6.45) is 0. The molecule has 0 aliphatic rings. The predicted octanol–water partition coefficient (Wildman–Crippen LogP) is 1.43. The Hall–Kier alpha value is -0.0300. The standard InChI is InChI=1S/CHF3.ClH2N.FH/c2-1(3)4;1-2;/h1H;2H2;1H. The van der Waals surface area contributed by atoms with Crippen LogP contribution in [0.3, 0.4) is 0 Å². The SMILES string of the molecule is F.FC(F)F.NCl. The fourth-order valence-electron chi connectivity index (χ4n) is 0. The van der Waals surface area contributed by atoms with E-state index in [-0.39, 0.29) is 4.70 Å². The molecule has 0 amide bonds. The van der Waals surface area contributed by atoms with Crippen LogP contribution in [0, 0.1) is 0 Å². The Morgan fingerprint density at radius 1 is 1.14 bits per heavy atom. The van der Waals surface area contributed by atoms with Crippen molar-refractivity contribution in [3.63, 3.8) is 0 Å². The predicted molar refractivity (Wildman–Crippen MR) is 19.7 cm³/mol. The highest BCUT2D eigenvalue weighted by atomic mass is 35.5. The Morgan fingerprint density at radius 2 is 1.14 bits per heavy atom. The minimum Gasteiger partial charge on any atom is -0.269 e. The highest BCUT2D eigenvalue weighted by Gasteiger charge is 1.86. The van der Waals surface area contributed by atoms with E-state index < -0.39 is 6.68 Å². The van der Waals surface area contributed by atoms with Crippen molar-refractivity contribution in [2.45, 2.75) is 6.68 Å². The molecular formula is CH4ClF4N. The first-order valence-corrected chi connectivity index (χ1v) is 1.31. The molecule has 0 saturated heterocycles. The molecule has 0 aromatic rings. The molecule has 0 heterocycles. The molecule has 0 aromatic carbocycles. The molecular weight excluding hydrogens is 137 g/mol. The van der Waals surface area contributed by atoms with Crippen molar-refractivity contribution in [2.75, 3.05) is 0 Å². The maximum Gasteiger partial charge on any atom is 0.379 e. The third kappa shape index (κ3) is 105000. The average molecular weight is 141 g/mol. The maximum atomic E-state index is 9.67. The zero-order chi connectivity index (χ0) is 5.58. The van der Waals surface area contributed by atoms with Gasteiger partial charge in [0.15, 0.2) is 0 Å². The molecule has 0 rings (SSSR count). The zero-order valence-corrected chi connectivity index (χ0v) is 3.83. The van der Waals surface area contributed by atoms with Crippen molar-refractivity contribution >= 4 is 11.8 Å². The van der Waals surface area contributed by atoms with Crippen molar-refractivity contribution in [3.05, 3.63) is 0 Å². The third-order valence-corrected chi connectivity index (χ3v) is 0. The normalized spacial score (nSPS) is 6.00. The van der Waals surface area contributed by atoms with Gasteiger partial charge in [0.1, 0.15) is 0 Å². The minimum atomic E-state index is -3.67. The molecule has 0 radical (unpaired) electrons. The van der Waals surface area contributed by atoms with Crippen LogP contribution in [0.1, 0.15) is 0 Å². The highest BCUT2D eigenvalue weighted by molar-refractivity contribution is 6.11. The van der Waals surface area contributed by atoms with Crippen LogP contribution < -0.4 is 5.25 Å². The van der Waals surface area contributed by atoms with Gasteiger partial charge in [-0.3, -0.25) is 4.70 Å². The molecule has 0 fully saturated rings. The van der Waals surface area contributed by atoms with Crippen LogP contribution >= 0.6 is 11.8 Å². The van der Waals surface area contributed by atoms with Crippen LogP contribution in [0.15, 0.2) is 0 Å². The summed E-state index contributed by atoms with van der Waals surface area (Å²) in [5.41, 5.74) is 0. The van der Waals surface area contributed by atoms with Crippen LogP contribution in [0.4, 0.5) is 17.9 Å². The van der Waals surface area contributed by atoms with Gasteiger partial charge >= 0.3 is 6.68 Å². The van der Waals surface area contributed by atoms with Crippen molar-refractivity contribution in [1.29, 1.82) is 0 Å². The molecule has 48 valence electrons. The molecule has 2 N–H and O–H groups in total. The first-order chi connectivity index (χ1) is 2.73. The summed E-state index contributed by atoms with van der Waals surface area (Å²) in [4.78, 5) is 0. The smallest absolute Gasteiger partial charge is 0.269 e. The molecule has 0 bridgehead atoms. The monoisotopic (exact) mass is 141 g/mol. The van der Waals surface area contributed by atoms with E-state index in [1.807, 2.05) is 0 Å². The lowest BCUT2D eigenvalue weighted by Crippen LogP contribution is -1.65. The van der Waals surface area contributed by atoms with Crippen LogP contribution in [0.5, 0.6) is 0 Å². The molecule has 1 nitrogen and oxygen atoms in total. The molecule has 0 atom stereocenters. The van der Waals surface area contributed by atoms with E-state index in [0.29, 0.717) is 0 Å². The van der Waals surface area contributed by atoms with Crippen molar-refractivity contribution in [3.8, 4) is 0 Å². The summed E-state index contributed by atoms with van der Waals surface area (Å²) in [5.74, 6) is 0. The zero-order valence-electron chi connectivity index (χ0n) is 3.07. The Kier molecular flexibility index (Phi) is 37.6. The molecule has 0 aromatic heterocycles. The van der Waals surface area contributed by atoms with Gasteiger partial charge < -0.3 is 0 Å². The molecule has 6 heteroatoms. The second-order valence-electron chi connectivity index (χ2n) is 0.247. The number of rotatable bonds is 0. The summed E-state index contributed by atoms with van der Waals surface area (Å²) in [5, 5.41) is 3.97. The highest BCUT2D eigenvalue weighted by Crippen LogP contribution is 1.87. The van der Waals surface area contributed by atoms with Crippen LogP contribution in [0.2, 0.25) is 0 Å². The van der Waals surface area contributed by atoms with E-state index in [0.717, 1.165) is 0 Å². The number of nitrogens with two attached hydrogens (primary N) is 1. The number of hydrogen-bond acceptors (Lipinski definition) is 1. The molecule has 0 aliphatic heterocycles. The summed E-state index contributed by atoms with van der Waals surface area (Å²) in [6.45, 7) is -3.67. The fraction of sp³-hybridized carbons (Fsp3) is 1.00. The van der Waals surface area contributed by atoms with E-state index in [2.05, 4.69) is 17.0 Å². The summed E-state index contributed by atoms with van der Waals surface area (Å²) < 4.78 is 29.0. The maximum absolute atomic E-state index is 9.67. The Bertz CT molecular complexity index is 16.4. The van der Waals surface area contributed by atoms with E-state index >= 15 is 0 Å². The van der Waals surface area contributed by atoms with E-state index in [1.165, 1.54) is 0 Å². The van der Waals surface area contributed by atoms with Gasteiger partial charge in [-0.1, -0.05) is 0 Å². The Labute approximate surface area is 42.7 Å². The lowest BCUT2D eigenvalue weighted by Gasteiger charge is -1.65. The summed E-state index contributed by atoms with van der Waals surface area (Å²) >= 11 is 4.14. The van der Waals surface area contributed by atoms with Gasteiger partial charge in [-0.15, -0.1) is 0 Å². The number of hydrogen-bond donors (Lipinski definition) is 1. The van der Waals surface area contributed by atoms with Gasteiger partial charge in [0, 0.05) is 0 Å². The molecule has 0 saturated carbocycles. The first-order valence-electron chi connectivity index (χ1n) is 0.873. The van der Waals surface area contributed by atoms with Gasteiger partial charge in [-0.25, -0.2) is 5.25 Å². The summed E-state index contributed by atoms with van der Waals surface area (Å²) in [6, 6.07) is 0. The quantitative estimate of drug-likeness (QED) is 0.401. The third-order valence-electron chi connectivity index (χ3n) is 0. The van der Waals surface area contributed by atoms with E-state index in [1.54, 1.807) is 0 Å². The lowest BCUT2D eigenvalue weighted by molar-refractivity contribution is 0.00819. The molecule has 0 unspecified atom stereocenters. The van der Waals surface area contributed by atoms with E-state index in [9.17, 15) is 13.2 Å². The second kappa shape index (κ2) is 16.7. The molecule has 0 spiro atoms. The van der Waals surface area contributed by atoms with Crippen molar-refractivity contribution < 1.29 is 17.9 Å². The van der Waals surface area contributed by atoms with Crippen LogP contribution in [-0.2, 0) is 0 Å². The lowest BCUT2D eigenvalue weighted by atomic mass is 11.6. The fourth-order valence-corrected chi connectivity index (χ4v) is 0. The second-order valence-corrected chi connectivity index (χ2v) is 0.247. The topological polar surface area (TPSA) is 26.0 Å².